The molecular weight excluding hydrogens is 468 g/mol. The first-order chi connectivity index (χ1) is 17.1. The molecule has 0 heterocycles. The zero-order valence-electron chi connectivity index (χ0n) is 21.6. The van der Waals surface area contributed by atoms with Crippen molar-refractivity contribution in [3.63, 3.8) is 0 Å². The van der Waals surface area contributed by atoms with E-state index in [9.17, 15) is 22.7 Å². The number of hydrogen-bond acceptors (Lipinski definition) is 2. The predicted octanol–water partition coefficient (Wildman–Crippen LogP) is 9.10. The van der Waals surface area contributed by atoms with Crippen molar-refractivity contribution in [3.05, 3.63) is 83.7 Å². The lowest BCUT2D eigenvalue weighted by Gasteiger charge is -2.30. The molecule has 1 N–H and O–H groups in total. The fourth-order valence-electron chi connectivity index (χ4n) is 5.21. The minimum atomic E-state index is -1.13. The molecule has 36 heavy (non-hydrogen) atoms. The van der Waals surface area contributed by atoms with Crippen molar-refractivity contribution in [1.29, 1.82) is 0 Å². The Kier molecular flexibility index (Phi) is 12.0. The van der Waals surface area contributed by atoms with Gasteiger partial charge < -0.3 is 9.84 Å². The molecule has 0 aromatic heterocycles. The van der Waals surface area contributed by atoms with E-state index in [-0.39, 0.29) is 29.3 Å². The smallest absolute Gasteiger partial charge is 0.200 e. The van der Waals surface area contributed by atoms with Gasteiger partial charge in [-0.15, -0.1) is 6.58 Å². The second-order valence-corrected chi connectivity index (χ2v) is 9.90. The summed E-state index contributed by atoms with van der Waals surface area (Å²) >= 11 is 0. The number of aliphatic hydroxyl groups excluding tert-OH is 1. The quantitative estimate of drug-likeness (QED) is 0.164. The number of allylic oxidation sites excluding steroid dienone is 4. The van der Waals surface area contributed by atoms with Gasteiger partial charge in [0.1, 0.15) is 5.76 Å². The summed E-state index contributed by atoms with van der Waals surface area (Å²) in [5.74, 6) is -3.78. The third-order valence-corrected chi connectivity index (χ3v) is 7.41. The maximum absolute atomic E-state index is 15.0. The molecule has 0 atom stereocenters. The van der Waals surface area contributed by atoms with E-state index in [0.29, 0.717) is 55.6 Å². The van der Waals surface area contributed by atoms with E-state index in [0.717, 1.165) is 25.7 Å². The first kappa shape index (κ1) is 29.9. The summed E-state index contributed by atoms with van der Waals surface area (Å²) in [6.45, 7) is 12.2. The first-order valence-corrected chi connectivity index (χ1v) is 12.8. The van der Waals surface area contributed by atoms with Gasteiger partial charge in [0.05, 0.1) is 13.2 Å². The average Bonchev–Trinajstić information content (AvgIpc) is 2.89. The van der Waals surface area contributed by atoms with Crippen LogP contribution in [0.25, 0.3) is 0 Å². The van der Waals surface area contributed by atoms with Gasteiger partial charge in [0, 0.05) is 0 Å². The highest BCUT2D eigenvalue weighted by atomic mass is 19.2. The van der Waals surface area contributed by atoms with Crippen molar-refractivity contribution in [2.75, 3.05) is 7.11 Å². The standard InChI is InChI=1S/C27H34F4O2.C3H6/c1-16(24(28)25(29)17(2)33-3)4-5-18-6-8-19(9-7-18)22-14-15-23(27(31)26(22)30)20-10-12-21(32)13-11-20;1-3-2/h14-15,18-21,32H,1-2,4-13H2,3H3;3H,1H2,2H3/b25-24-;. The molecule has 2 aliphatic rings. The molecule has 1 aromatic carbocycles. The number of ether oxygens (including phenoxy) is 1. The zero-order chi connectivity index (χ0) is 26.8. The molecule has 1 aromatic rings. The molecule has 0 spiro atoms. The van der Waals surface area contributed by atoms with Gasteiger partial charge in [-0.1, -0.05) is 31.4 Å². The highest BCUT2D eigenvalue weighted by Gasteiger charge is 2.29. The Morgan fingerprint density at radius 1 is 0.917 bits per heavy atom. The average molecular weight is 509 g/mol. The highest BCUT2D eigenvalue weighted by Crippen LogP contribution is 2.42. The first-order valence-electron chi connectivity index (χ1n) is 12.8. The van der Waals surface area contributed by atoms with Crippen molar-refractivity contribution in [3.8, 4) is 0 Å². The third kappa shape index (κ3) is 7.83. The maximum atomic E-state index is 15.0. The van der Waals surface area contributed by atoms with E-state index in [1.54, 1.807) is 18.2 Å². The van der Waals surface area contributed by atoms with Crippen LogP contribution in [0.5, 0.6) is 0 Å². The molecule has 0 aliphatic heterocycles. The molecule has 2 aliphatic carbocycles. The fraction of sp³-hybridized carbons (Fsp3) is 0.533. The van der Waals surface area contributed by atoms with Gasteiger partial charge in [-0.2, -0.15) is 4.39 Å². The van der Waals surface area contributed by atoms with Crippen molar-refractivity contribution in [2.45, 2.75) is 89.1 Å². The Bertz CT molecular complexity index is 937. The van der Waals surface area contributed by atoms with E-state index in [2.05, 4.69) is 24.5 Å². The van der Waals surface area contributed by atoms with Gasteiger partial charge in [0.15, 0.2) is 23.3 Å². The fourth-order valence-corrected chi connectivity index (χ4v) is 5.21. The van der Waals surface area contributed by atoms with E-state index < -0.39 is 23.3 Å². The van der Waals surface area contributed by atoms with E-state index in [1.165, 1.54) is 7.11 Å². The summed E-state index contributed by atoms with van der Waals surface area (Å²) < 4.78 is 62.4. The zero-order valence-corrected chi connectivity index (χ0v) is 21.6. The number of methoxy groups -OCH3 is 1. The van der Waals surface area contributed by atoms with Crippen LogP contribution in [0.1, 0.15) is 94.1 Å². The predicted molar refractivity (Wildman–Crippen MR) is 138 cm³/mol. The largest absolute Gasteiger partial charge is 0.494 e. The lowest BCUT2D eigenvalue weighted by atomic mass is 9.76. The third-order valence-electron chi connectivity index (χ3n) is 7.41. The molecule has 0 saturated heterocycles. The van der Waals surface area contributed by atoms with Gasteiger partial charge in [0.25, 0.3) is 0 Å². The van der Waals surface area contributed by atoms with Gasteiger partial charge in [-0.05, 0) is 106 Å². The molecule has 6 heteroatoms. The summed E-state index contributed by atoms with van der Waals surface area (Å²) in [5.41, 5.74) is 0.935. The van der Waals surface area contributed by atoms with E-state index in [1.807, 2.05) is 6.92 Å². The lowest BCUT2D eigenvalue weighted by molar-refractivity contribution is 0.122. The van der Waals surface area contributed by atoms with Crippen molar-refractivity contribution < 1.29 is 27.4 Å². The molecular formula is C30H40F4O2. The van der Waals surface area contributed by atoms with E-state index in [4.69, 9.17) is 0 Å². The summed E-state index contributed by atoms with van der Waals surface area (Å²) in [5, 5.41) is 9.67. The monoisotopic (exact) mass is 508 g/mol. The van der Waals surface area contributed by atoms with Gasteiger partial charge >= 0.3 is 0 Å². The Labute approximate surface area is 213 Å². The van der Waals surface area contributed by atoms with Gasteiger partial charge in [-0.25, -0.2) is 13.2 Å². The van der Waals surface area contributed by atoms with Gasteiger partial charge in [-0.3, -0.25) is 0 Å². The van der Waals surface area contributed by atoms with Crippen molar-refractivity contribution in [2.24, 2.45) is 5.92 Å². The Hall–Kier alpha value is -2.34. The second kappa shape index (κ2) is 14.4. The maximum Gasteiger partial charge on any atom is 0.200 e. The minimum absolute atomic E-state index is 0.0406. The normalized spacial score (nSPS) is 24.6. The summed E-state index contributed by atoms with van der Waals surface area (Å²) in [6.07, 6.45) is 8.09. The number of hydrogen-bond donors (Lipinski definition) is 1. The van der Waals surface area contributed by atoms with Crippen LogP contribution >= 0.6 is 0 Å². The Balaban J connectivity index is 0.00000145. The topological polar surface area (TPSA) is 29.5 Å². The molecule has 0 amide bonds. The van der Waals surface area contributed by atoms with Crippen LogP contribution in [-0.4, -0.2) is 18.3 Å². The molecule has 3 rings (SSSR count). The van der Waals surface area contributed by atoms with Crippen LogP contribution < -0.4 is 0 Å². The molecule has 0 radical (unpaired) electrons. The van der Waals surface area contributed by atoms with Crippen molar-refractivity contribution in [1.82, 2.24) is 0 Å². The summed E-state index contributed by atoms with van der Waals surface area (Å²) in [7, 11) is 1.22. The molecule has 0 bridgehead atoms. The van der Waals surface area contributed by atoms with Crippen LogP contribution in [0, 0.1) is 17.6 Å². The lowest BCUT2D eigenvalue weighted by Crippen LogP contribution is -2.19. The highest BCUT2D eigenvalue weighted by molar-refractivity contribution is 5.33. The van der Waals surface area contributed by atoms with Gasteiger partial charge in [0.2, 0.25) is 0 Å². The molecule has 0 unspecified atom stereocenters. The van der Waals surface area contributed by atoms with Crippen LogP contribution in [0.2, 0.25) is 0 Å². The molecule has 200 valence electrons. The van der Waals surface area contributed by atoms with Crippen LogP contribution in [0.3, 0.4) is 0 Å². The Morgan fingerprint density at radius 2 is 1.36 bits per heavy atom. The molecule has 2 saturated carbocycles. The summed E-state index contributed by atoms with van der Waals surface area (Å²) in [4.78, 5) is 0. The van der Waals surface area contributed by atoms with Crippen LogP contribution in [0.15, 0.2) is 60.9 Å². The van der Waals surface area contributed by atoms with Crippen LogP contribution in [0.4, 0.5) is 17.6 Å². The minimum Gasteiger partial charge on any atom is -0.494 e. The number of halogens is 4. The Morgan fingerprint density at radius 3 is 1.81 bits per heavy atom. The SMILES string of the molecule is C=C(CCC1CCC(c2ccc(C3CCC(O)CC3)c(F)c2F)CC1)/C(F)=C(/F)C(=C)OC.C=CC. The van der Waals surface area contributed by atoms with Crippen molar-refractivity contribution >= 4 is 0 Å². The number of benzene rings is 1. The second-order valence-electron chi connectivity index (χ2n) is 9.90. The molecule has 2 fully saturated rings. The number of rotatable bonds is 8. The van der Waals surface area contributed by atoms with E-state index >= 15 is 0 Å². The number of aliphatic hydroxyl groups is 1. The molecule has 2 nitrogen and oxygen atoms in total. The summed E-state index contributed by atoms with van der Waals surface area (Å²) in [6, 6.07) is 3.46. The van der Waals surface area contributed by atoms with Crippen LogP contribution in [-0.2, 0) is 4.74 Å².